The third-order valence-electron chi connectivity index (χ3n) is 3.24. The van der Waals surface area contributed by atoms with Crippen LogP contribution in [0.15, 0.2) is 24.3 Å². The Hall–Kier alpha value is -1.81. The Balaban J connectivity index is 2.17. The highest BCUT2D eigenvalue weighted by atomic mass is 16.5. The van der Waals surface area contributed by atoms with E-state index >= 15 is 0 Å². The molecular weight excluding hydrogens is 228 g/mol. The zero-order chi connectivity index (χ0) is 13.1. The van der Waals surface area contributed by atoms with Gasteiger partial charge in [-0.1, -0.05) is 18.2 Å². The molecule has 96 valence electrons. The predicted octanol–water partition coefficient (Wildman–Crippen LogP) is 1.91. The Kier molecular flexibility index (Phi) is 3.67. The number of hydrogen-bond donors (Lipinski definition) is 2. The Morgan fingerprint density at radius 1 is 1.44 bits per heavy atom. The molecule has 0 fully saturated rings. The first-order chi connectivity index (χ1) is 8.63. The van der Waals surface area contributed by atoms with Gasteiger partial charge in [-0.3, -0.25) is 4.79 Å². The number of para-hydroxylation sites is 1. The molecule has 0 aliphatic rings. The zero-order valence-electron chi connectivity index (χ0n) is 10.7. The minimum absolute atomic E-state index is 0.354. The average molecular weight is 246 g/mol. The molecule has 2 rings (SSSR count). The summed E-state index contributed by atoms with van der Waals surface area (Å²) in [5, 5.41) is 1.20. The van der Waals surface area contributed by atoms with E-state index in [1.54, 1.807) is 0 Å². The lowest BCUT2D eigenvalue weighted by molar-refractivity contribution is -0.142. The molecular formula is C14H18N2O2. The normalized spacial score (nSPS) is 12.6. The first-order valence-corrected chi connectivity index (χ1v) is 6.03. The van der Waals surface area contributed by atoms with Gasteiger partial charge in [-0.25, -0.2) is 0 Å². The molecule has 1 unspecified atom stereocenters. The standard InChI is InChI=1S/C14H18N2O2/c1-9-10(7-8-12(15)14(17)18-2)11-5-3-4-6-13(11)16-9/h3-6,12,16H,7-8,15H2,1-2H3. The lowest BCUT2D eigenvalue weighted by atomic mass is 10.0. The fraction of sp³-hybridized carbons (Fsp3) is 0.357. The second-order valence-corrected chi connectivity index (χ2v) is 4.44. The van der Waals surface area contributed by atoms with Crippen molar-refractivity contribution in [3.8, 4) is 0 Å². The van der Waals surface area contributed by atoms with E-state index in [1.165, 1.54) is 18.1 Å². The van der Waals surface area contributed by atoms with Gasteiger partial charge >= 0.3 is 5.97 Å². The molecule has 3 N–H and O–H groups in total. The average Bonchev–Trinajstić information content (AvgIpc) is 2.70. The van der Waals surface area contributed by atoms with Crippen LogP contribution in [0.4, 0.5) is 0 Å². The van der Waals surface area contributed by atoms with E-state index in [0.29, 0.717) is 6.42 Å². The summed E-state index contributed by atoms with van der Waals surface area (Å²) in [4.78, 5) is 14.6. The van der Waals surface area contributed by atoms with E-state index in [2.05, 4.69) is 15.8 Å². The van der Waals surface area contributed by atoms with Crippen LogP contribution in [-0.4, -0.2) is 24.1 Å². The summed E-state index contributed by atoms with van der Waals surface area (Å²) in [7, 11) is 1.36. The summed E-state index contributed by atoms with van der Waals surface area (Å²) in [5.41, 5.74) is 9.24. The molecule has 0 amide bonds. The van der Waals surface area contributed by atoms with Gasteiger partial charge < -0.3 is 15.5 Å². The number of aryl methyl sites for hydroxylation is 2. The van der Waals surface area contributed by atoms with Gasteiger partial charge in [0.1, 0.15) is 6.04 Å². The van der Waals surface area contributed by atoms with Gasteiger partial charge in [0, 0.05) is 16.6 Å². The lowest BCUT2D eigenvalue weighted by Crippen LogP contribution is -2.31. The summed E-state index contributed by atoms with van der Waals surface area (Å²) >= 11 is 0. The molecule has 1 heterocycles. The van der Waals surface area contributed by atoms with Crippen LogP contribution in [0.5, 0.6) is 0 Å². The van der Waals surface area contributed by atoms with E-state index in [9.17, 15) is 4.79 Å². The Bertz CT molecular complexity index is 560. The third-order valence-corrected chi connectivity index (χ3v) is 3.24. The number of aromatic amines is 1. The highest BCUT2D eigenvalue weighted by Crippen LogP contribution is 2.23. The van der Waals surface area contributed by atoms with Crippen LogP contribution in [-0.2, 0) is 16.0 Å². The van der Waals surface area contributed by atoms with Crippen molar-refractivity contribution < 1.29 is 9.53 Å². The Morgan fingerprint density at radius 2 is 2.17 bits per heavy atom. The van der Waals surface area contributed by atoms with Crippen LogP contribution in [0.2, 0.25) is 0 Å². The van der Waals surface area contributed by atoms with E-state index in [0.717, 1.165) is 17.6 Å². The maximum atomic E-state index is 11.3. The van der Waals surface area contributed by atoms with Gasteiger partial charge in [0.2, 0.25) is 0 Å². The van der Waals surface area contributed by atoms with Gasteiger partial charge in [-0.15, -0.1) is 0 Å². The van der Waals surface area contributed by atoms with Crippen molar-refractivity contribution in [2.75, 3.05) is 7.11 Å². The van der Waals surface area contributed by atoms with Crippen LogP contribution in [0.1, 0.15) is 17.7 Å². The fourth-order valence-corrected chi connectivity index (χ4v) is 2.23. The SMILES string of the molecule is COC(=O)C(N)CCc1c(C)[nH]c2ccccc12. The molecule has 0 aliphatic heterocycles. The molecule has 0 spiro atoms. The van der Waals surface area contributed by atoms with Crippen molar-refractivity contribution >= 4 is 16.9 Å². The summed E-state index contributed by atoms with van der Waals surface area (Å²) in [6.07, 6.45) is 1.36. The molecule has 0 radical (unpaired) electrons. The number of aromatic nitrogens is 1. The van der Waals surface area contributed by atoms with Crippen molar-refractivity contribution in [2.24, 2.45) is 5.73 Å². The largest absolute Gasteiger partial charge is 0.468 e. The van der Waals surface area contributed by atoms with Crippen LogP contribution in [0.25, 0.3) is 10.9 Å². The number of nitrogens with two attached hydrogens (primary N) is 1. The summed E-state index contributed by atoms with van der Waals surface area (Å²) in [6.45, 7) is 2.04. The molecule has 0 bridgehead atoms. The number of rotatable bonds is 4. The van der Waals surface area contributed by atoms with E-state index < -0.39 is 6.04 Å². The molecule has 0 saturated carbocycles. The smallest absolute Gasteiger partial charge is 0.322 e. The van der Waals surface area contributed by atoms with Crippen LogP contribution in [0.3, 0.4) is 0 Å². The second-order valence-electron chi connectivity index (χ2n) is 4.44. The topological polar surface area (TPSA) is 68.1 Å². The van der Waals surface area contributed by atoms with Crippen molar-refractivity contribution in [2.45, 2.75) is 25.8 Å². The highest BCUT2D eigenvalue weighted by Gasteiger charge is 2.15. The predicted molar refractivity (Wildman–Crippen MR) is 71.3 cm³/mol. The van der Waals surface area contributed by atoms with Crippen LogP contribution in [0, 0.1) is 6.92 Å². The molecule has 18 heavy (non-hydrogen) atoms. The fourth-order valence-electron chi connectivity index (χ4n) is 2.23. The van der Waals surface area contributed by atoms with E-state index in [4.69, 9.17) is 5.73 Å². The molecule has 4 nitrogen and oxygen atoms in total. The zero-order valence-corrected chi connectivity index (χ0v) is 10.7. The first-order valence-electron chi connectivity index (χ1n) is 6.03. The summed E-state index contributed by atoms with van der Waals surface area (Å²) < 4.78 is 4.63. The van der Waals surface area contributed by atoms with Crippen molar-refractivity contribution in [3.05, 3.63) is 35.5 Å². The maximum Gasteiger partial charge on any atom is 0.322 e. The van der Waals surface area contributed by atoms with Gasteiger partial charge in [0.15, 0.2) is 0 Å². The minimum Gasteiger partial charge on any atom is -0.468 e. The van der Waals surface area contributed by atoms with E-state index in [1.807, 2.05) is 25.1 Å². The number of carbonyl (C=O) groups is 1. The Morgan fingerprint density at radius 3 is 2.89 bits per heavy atom. The summed E-state index contributed by atoms with van der Waals surface area (Å²) in [6, 6.07) is 7.59. The molecule has 4 heteroatoms. The van der Waals surface area contributed by atoms with Crippen LogP contribution < -0.4 is 5.73 Å². The number of hydrogen-bond acceptors (Lipinski definition) is 3. The summed E-state index contributed by atoms with van der Waals surface area (Å²) in [5.74, 6) is -0.354. The maximum absolute atomic E-state index is 11.3. The molecule has 0 saturated heterocycles. The number of fused-ring (bicyclic) bond motifs is 1. The molecule has 1 aromatic carbocycles. The molecule has 0 aliphatic carbocycles. The van der Waals surface area contributed by atoms with Crippen molar-refractivity contribution in [1.29, 1.82) is 0 Å². The number of ether oxygens (including phenoxy) is 1. The highest BCUT2D eigenvalue weighted by molar-refractivity contribution is 5.84. The molecule has 1 atom stereocenters. The number of nitrogens with one attached hydrogen (secondary N) is 1. The molecule has 1 aromatic heterocycles. The van der Waals surface area contributed by atoms with Gasteiger partial charge in [-0.2, -0.15) is 0 Å². The quantitative estimate of drug-likeness (QED) is 0.810. The van der Waals surface area contributed by atoms with Crippen molar-refractivity contribution in [3.63, 3.8) is 0 Å². The lowest BCUT2D eigenvalue weighted by Gasteiger charge is -2.09. The number of esters is 1. The van der Waals surface area contributed by atoms with Crippen LogP contribution >= 0.6 is 0 Å². The second kappa shape index (κ2) is 5.23. The first kappa shape index (κ1) is 12.6. The number of carbonyl (C=O) groups excluding carboxylic acids is 1. The third kappa shape index (κ3) is 2.38. The van der Waals surface area contributed by atoms with Crippen molar-refractivity contribution in [1.82, 2.24) is 4.98 Å². The monoisotopic (exact) mass is 246 g/mol. The number of methoxy groups -OCH3 is 1. The van der Waals surface area contributed by atoms with Gasteiger partial charge in [-0.05, 0) is 31.4 Å². The Labute approximate surface area is 106 Å². The minimum atomic E-state index is -0.553. The van der Waals surface area contributed by atoms with Gasteiger partial charge in [0.25, 0.3) is 0 Å². The van der Waals surface area contributed by atoms with E-state index in [-0.39, 0.29) is 5.97 Å². The number of benzene rings is 1. The number of H-pyrrole nitrogens is 1. The van der Waals surface area contributed by atoms with Gasteiger partial charge in [0.05, 0.1) is 7.11 Å². The molecule has 2 aromatic rings.